The molecule has 1 saturated heterocycles. The van der Waals surface area contributed by atoms with E-state index in [0.717, 1.165) is 74.9 Å². The van der Waals surface area contributed by atoms with Crippen molar-refractivity contribution in [3.8, 4) is 17.6 Å². The number of aromatic nitrogens is 2. The summed E-state index contributed by atoms with van der Waals surface area (Å²) >= 11 is 0. The second-order valence-electron chi connectivity index (χ2n) is 17.5. The monoisotopic (exact) mass is 873 g/mol. The number of likely N-dealkylation sites (N-methyl/N-ethyl adjacent to an activating group) is 2. The van der Waals surface area contributed by atoms with E-state index < -0.39 is 11.9 Å². The van der Waals surface area contributed by atoms with Crippen LogP contribution in [0.3, 0.4) is 0 Å². The molecule has 1 aromatic heterocycles. The van der Waals surface area contributed by atoms with Crippen LogP contribution in [0.4, 0.5) is 23.1 Å². The van der Waals surface area contributed by atoms with Gasteiger partial charge >= 0.3 is 0 Å². The zero-order valence-electron chi connectivity index (χ0n) is 37.3. The maximum atomic E-state index is 13.5. The fraction of sp³-hybridized carbons (Fsp3) is 0.521. The molecular formula is C48H59N9O7. The topological polar surface area (TPSA) is 179 Å². The maximum absolute atomic E-state index is 13.5. The van der Waals surface area contributed by atoms with Crippen LogP contribution < -0.4 is 30.5 Å². The minimum absolute atomic E-state index is 0.0685. The van der Waals surface area contributed by atoms with Crippen LogP contribution in [-0.2, 0) is 25.7 Å². The molecule has 0 bridgehead atoms. The quantitative estimate of drug-likeness (QED) is 0.113. The van der Waals surface area contributed by atoms with Gasteiger partial charge in [-0.1, -0.05) is 37.7 Å². The van der Waals surface area contributed by atoms with E-state index in [1.165, 1.54) is 0 Å². The molecule has 0 spiro atoms. The molecule has 2 atom stereocenters. The van der Waals surface area contributed by atoms with Gasteiger partial charge in [-0.05, 0) is 94.3 Å². The van der Waals surface area contributed by atoms with Gasteiger partial charge < -0.3 is 39.7 Å². The van der Waals surface area contributed by atoms with Crippen molar-refractivity contribution < 1.29 is 33.4 Å². The summed E-state index contributed by atoms with van der Waals surface area (Å²) in [6, 6.07) is 10.6. The van der Waals surface area contributed by atoms with Gasteiger partial charge in [-0.25, -0.2) is 4.98 Å². The van der Waals surface area contributed by atoms with Crippen molar-refractivity contribution in [3.63, 3.8) is 0 Å². The Hall–Kier alpha value is -6.05. The average Bonchev–Trinajstić information content (AvgIpc) is 3.96. The Morgan fingerprint density at radius 2 is 1.81 bits per heavy atom. The van der Waals surface area contributed by atoms with Crippen molar-refractivity contribution in [2.24, 2.45) is 0 Å². The Labute approximate surface area is 374 Å². The van der Waals surface area contributed by atoms with Crippen LogP contribution in [0.5, 0.6) is 5.75 Å². The lowest BCUT2D eigenvalue weighted by Crippen LogP contribution is -2.55. The Bertz CT molecular complexity index is 2330. The number of methoxy groups -OCH3 is 1. The van der Waals surface area contributed by atoms with E-state index in [1.54, 1.807) is 54.4 Å². The molecule has 16 nitrogen and oxygen atoms in total. The number of amides is 5. The minimum atomic E-state index is -0.657. The fourth-order valence-corrected chi connectivity index (χ4v) is 9.91. The maximum Gasteiger partial charge on any atom is 0.255 e. The van der Waals surface area contributed by atoms with E-state index in [1.807, 2.05) is 19.1 Å². The first-order chi connectivity index (χ1) is 31.0. The Balaban J connectivity index is 0.771. The molecule has 64 heavy (non-hydrogen) atoms. The lowest BCUT2D eigenvalue weighted by Gasteiger charge is -2.43. The van der Waals surface area contributed by atoms with Crippen LogP contribution in [0.1, 0.15) is 116 Å². The highest BCUT2D eigenvalue weighted by Crippen LogP contribution is 2.40. The van der Waals surface area contributed by atoms with Crippen LogP contribution in [0.25, 0.3) is 0 Å². The van der Waals surface area contributed by atoms with Gasteiger partial charge in [-0.2, -0.15) is 4.98 Å². The zero-order valence-corrected chi connectivity index (χ0v) is 37.3. The molecule has 338 valence electrons. The van der Waals surface area contributed by atoms with E-state index in [2.05, 4.69) is 49.6 Å². The Kier molecular flexibility index (Phi) is 13.8. The average molecular weight is 874 g/mol. The number of hydrogen-bond acceptors (Lipinski definition) is 12. The van der Waals surface area contributed by atoms with E-state index in [9.17, 15) is 24.0 Å². The lowest BCUT2D eigenvalue weighted by molar-refractivity contribution is -0.137. The van der Waals surface area contributed by atoms with Crippen LogP contribution in [-0.4, -0.2) is 120 Å². The van der Waals surface area contributed by atoms with Crippen molar-refractivity contribution in [2.75, 3.05) is 56.1 Å². The van der Waals surface area contributed by atoms with Gasteiger partial charge in [0.2, 0.25) is 23.7 Å². The highest BCUT2D eigenvalue weighted by atomic mass is 16.5. The molecule has 1 unspecified atom stereocenters. The molecule has 2 aliphatic carbocycles. The summed E-state index contributed by atoms with van der Waals surface area (Å²) in [4.78, 5) is 81.2. The number of carbonyl (C=O) groups is 5. The first kappa shape index (κ1) is 44.6. The van der Waals surface area contributed by atoms with Crippen molar-refractivity contribution >= 4 is 52.7 Å². The van der Waals surface area contributed by atoms with Gasteiger partial charge in [-0.15, -0.1) is 0 Å². The molecule has 3 aromatic rings. The summed E-state index contributed by atoms with van der Waals surface area (Å²) in [6.07, 6.45) is 11.5. The van der Waals surface area contributed by atoms with Crippen LogP contribution in [0, 0.1) is 11.8 Å². The third kappa shape index (κ3) is 9.42. The normalized spacial score (nSPS) is 22.2. The number of imide groups is 1. The van der Waals surface area contributed by atoms with Crippen LogP contribution >= 0.6 is 0 Å². The van der Waals surface area contributed by atoms with Gasteiger partial charge in [0.05, 0.1) is 32.2 Å². The van der Waals surface area contributed by atoms with Crippen LogP contribution in [0.2, 0.25) is 0 Å². The van der Waals surface area contributed by atoms with Gasteiger partial charge in [0.15, 0.2) is 5.82 Å². The summed E-state index contributed by atoms with van der Waals surface area (Å²) in [6.45, 7) is 4.18. The van der Waals surface area contributed by atoms with Gasteiger partial charge in [-0.3, -0.25) is 29.3 Å². The Morgan fingerprint density at radius 1 is 1.02 bits per heavy atom. The van der Waals surface area contributed by atoms with E-state index >= 15 is 0 Å². The number of hydrogen-bond donors (Lipinski definition) is 3. The van der Waals surface area contributed by atoms with Gasteiger partial charge in [0, 0.05) is 67.8 Å². The molecule has 5 amide bonds. The minimum Gasteiger partial charge on any atom is -0.495 e. The van der Waals surface area contributed by atoms with E-state index in [0.29, 0.717) is 79.3 Å². The fourth-order valence-electron chi connectivity index (χ4n) is 9.91. The number of ether oxygens (including phenoxy) is 2. The molecule has 2 aromatic carbocycles. The highest BCUT2D eigenvalue weighted by molar-refractivity contribution is 6.06. The predicted octanol–water partition coefficient (Wildman–Crippen LogP) is 4.93. The van der Waals surface area contributed by atoms with Gasteiger partial charge in [0.1, 0.15) is 23.5 Å². The molecule has 0 radical (unpaired) electrons. The van der Waals surface area contributed by atoms with Crippen molar-refractivity contribution in [3.05, 3.63) is 64.8 Å². The molecule has 16 heteroatoms. The molecule has 8 rings (SSSR count). The standard InChI is InChI=1S/C48H59N9O7/c1-5-38-47(62)55(3)40-28-49-48(53-43(40)57(38)34-13-6-7-14-34)51-37-21-16-31(27-41(37)63-4)44(59)50-32-17-19-33(20-18-32)54(2)24-26-64-25-9-8-11-30-12-10-15-35-36(30)29-56(46(35)61)39-22-23-42(58)52-45(39)60/h10,12,15-16,21,27-28,32-34,38-39H,5-7,9,13-14,17-20,22-26,29H2,1-4H3,(H,50,59)(H,49,51,53)(H,52,58,60)/t32-,33-,38-,39?/m1/s1. The second-order valence-corrected chi connectivity index (χ2v) is 17.5. The molecule has 4 heterocycles. The highest BCUT2D eigenvalue weighted by Gasteiger charge is 2.42. The number of benzene rings is 2. The number of nitrogens with one attached hydrogen (secondary N) is 3. The molecule has 2 saturated carbocycles. The summed E-state index contributed by atoms with van der Waals surface area (Å²) in [7, 11) is 5.48. The van der Waals surface area contributed by atoms with Crippen molar-refractivity contribution in [2.45, 2.75) is 121 Å². The lowest BCUT2D eigenvalue weighted by atomic mass is 9.90. The summed E-state index contributed by atoms with van der Waals surface area (Å²) in [5.41, 5.74) is 3.97. The Morgan fingerprint density at radius 3 is 2.56 bits per heavy atom. The molecular weight excluding hydrogens is 815 g/mol. The van der Waals surface area contributed by atoms with Crippen LogP contribution in [0.15, 0.2) is 42.6 Å². The number of rotatable bonds is 14. The van der Waals surface area contributed by atoms with Gasteiger partial charge in [0.25, 0.3) is 11.8 Å². The number of anilines is 4. The smallest absolute Gasteiger partial charge is 0.255 e. The van der Waals surface area contributed by atoms with Crippen molar-refractivity contribution in [1.29, 1.82) is 0 Å². The van der Waals surface area contributed by atoms with E-state index in [4.69, 9.17) is 14.5 Å². The number of fused-ring (bicyclic) bond motifs is 2. The summed E-state index contributed by atoms with van der Waals surface area (Å²) in [5, 5.41) is 8.89. The number of nitrogens with zero attached hydrogens (tertiary/aromatic N) is 6. The SMILES string of the molecule is CC[C@@H]1C(=O)N(C)c2cnc(Nc3ccc(C(=O)N[C@H]4CC[C@H](N(C)CCOCCC#Cc5cccc6c5CN(C5CCC(=O)NC5=O)C6=O)CC4)cc3OC)nc2N1C1CCCC1. The predicted molar refractivity (Wildman–Crippen MR) is 241 cm³/mol. The first-order valence-corrected chi connectivity index (χ1v) is 22.8. The van der Waals surface area contributed by atoms with Crippen molar-refractivity contribution in [1.82, 2.24) is 30.4 Å². The number of carbonyl (C=O) groups excluding carboxylic acids is 5. The summed E-state index contributed by atoms with van der Waals surface area (Å²) in [5.74, 6) is 7.01. The largest absolute Gasteiger partial charge is 0.495 e. The molecule has 3 aliphatic heterocycles. The second kappa shape index (κ2) is 19.8. The summed E-state index contributed by atoms with van der Waals surface area (Å²) < 4.78 is 11.7. The first-order valence-electron chi connectivity index (χ1n) is 22.8. The number of piperidine rings is 1. The third-order valence-corrected chi connectivity index (χ3v) is 13.5. The molecule has 5 aliphatic rings. The van der Waals surface area contributed by atoms with E-state index in [-0.39, 0.29) is 48.2 Å². The molecule has 3 N–H and O–H groups in total. The zero-order chi connectivity index (χ0) is 44.9. The third-order valence-electron chi connectivity index (χ3n) is 13.5. The molecule has 3 fully saturated rings.